The van der Waals surface area contributed by atoms with Crippen LogP contribution in [0.2, 0.25) is 0 Å². The minimum Gasteiger partial charge on any atom is -0.481 e. The number of ether oxygens (including phenoxy) is 1. The van der Waals surface area contributed by atoms with Crippen molar-refractivity contribution in [3.05, 3.63) is 70.2 Å². The van der Waals surface area contributed by atoms with Crippen molar-refractivity contribution in [3.63, 3.8) is 0 Å². The molecule has 1 aliphatic rings. The number of rotatable bonds is 8. The summed E-state index contributed by atoms with van der Waals surface area (Å²) >= 11 is 0.963. The van der Waals surface area contributed by atoms with Gasteiger partial charge in [-0.1, -0.05) is 59.9 Å². The van der Waals surface area contributed by atoms with Crippen molar-refractivity contribution in [2.45, 2.75) is 31.8 Å². The Bertz CT molecular complexity index is 1240. The summed E-state index contributed by atoms with van der Waals surface area (Å²) in [4.78, 5) is 40.2. The number of carboxylic acid groups (broad SMARTS) is 1. The Hall–Kier alpha value is -3.76. The normalized spacial score (nSPS) is 13.9. The lowest BCUT2D eigenvalue weighted by Gasteiger charge is -2.21. The maximum atomic E-state index is 12.5. The van der Waals surface area contributed by atoms with Gasteiger partial charge >= 0.3 is 12.1 Å². The minimum atomic E-state index is -1.59. The van der Waals surface area contributed by atoms with E-state index < -0.39 is 30.0 Å². The number of carboxylic acids is 1. The molecule has 10 heteroatoms. The molecule has 9 nitrogen and oxygen atoms in total. The molecule has 2 aromatic carbocycles. The number of benzene rings is 2. The van der Waals surface area contributed by atoms with E-state index in [9.17, 15) is 19.5 Å². The number of nitrogens with one attached hydrogen (secondary N) is 2. The molecule has 0 aliphatic heterocycles. The number of anilines is 1. The first-order chi connectivity index (χ1) is 16.6. The highest BCUT2D eigenvalue weighted by Gasteiger charge is 2.29. The second-order valence-corrected chi connectivity index (χ2v) is 9.63. The monoisotopic (exact) mass is 495 g/mol. The van der Waals surface area contributed by atoms with Crippen LogP contribution in [0.1, 0.15) is 45.8 Å². The number of hydrogen-bond donors (Lipinski definition) is 4. The fourth-order valence-corrected chi connectivity index (χ4v) is 4.99. The van der Waals surface area contributed by atoms with Gasteiger partial charge in [0, 0.05) is 12.5 Å². The first-order valence-electron chi connectivity index (χ1n) is 11.0. The molecule has 2 amide bonds. The summed E-state index contributed by atoms with van der Waals surface area (Å²) in [6.07, 6.45) is -1.19. The highest BCUT2D eigenvalue weighted by atomic mass is 32.1. The third-order valence-corrected chi connectivity index (χ3v) is 6.79. The lowest BCUT2D eigenvalue weighted by atomic mass is 9.98. The standard InChI is InChI=1S/C25H25N3O6S/c1-14-21(22(31)26-13-25(2,33)11-20(29)30)35-23(27-14)28-24(32)34-12-19-17-9-5-3-7-15(17)16-8-4-6-10-18(16)19/h3-10,19,33H,11-13H2,1-2H3,(H,26,31)(H,29,30)(H,27,28,32). The average molecular weight is 496 g/mol. The minimum absolute atomic E-state index is 0.0777. The van der Waals surface area contributed by atoms with E-state index in [0.717, 1.165) is 33.6 Å². The number of aryl methyl sites for hydroxylation is 1. The van der Waals surface area contributed by atoms with Gasteiger partial charge in [-0.15, -0.1) is 0 Å². The smallest absolute Gasteiger partial charge is 0.413 e. The van der Waals surface area contributed by atoms with Crippen LogP contribution in [0.4, 0.5) is 9.93 Å². The Morgan fingerprint density at radius 1 is 1.09 bits per heavy atom. The maximum absolute atomic E-state index is 12.5. The average Bonchev–Trinajstić information content (AvgIpc) is 3.32. The molecule has 4 rings (SSSR count). The molecule has 35 heavy (non-hydrogen) atoms. The van der Waals surface area contributed by atoms with E-state index in [1.807, 2.05) is 36.4 Å². The van der Waals surface area contributed by atoms with E-state index in [2.05, 4.69) is 27.8 Å². The number of carbonyl (C=O) groups is 3. The van der Waals surface area contributed by atoms with E-state index in [1.54, 1.807) is 6.92 Å². The zero-order valence-corrected chi connectivity index (χ0v) is 20.0. The lowest BCUT2D eigenvalue weighted by molar-refractivity contribution is -0.141. The first-order valence-corrected chi connectivity index (χ1v) is 11.8. The van der Waals surface area contributed by atoms with Crippen LogP contribution in [0.25, 0.3) is 11.1 Å². The fraction of sp³-hybridized carbons (Fsp3) is 0.280. The van der Waals surface area contributed by atoms with Gasteiger partial charge in [0.1, 0.15) is 11.5 Å². The predicted octanol–water partition coefficient (Wildman–Crippen LogP) is 3.77. The summed E-state index contributed by atoms with van der Waals surface area (Å²) in [5.74, 6) is -1.77. The molecule has 4 N–H and O–H groups in total. The van der Waals surface area contributed by atoms with Crippen LogP contribution >= 0.6 is 11.3 Å². The second-order valence-electron chi connectivity index (χ2n) is 8.63. The van der Waals surface area contributed by atoms with E-state index >= 15 is 0 Å². The van der Waals surface area contributed by atoms with Gasteiger partial charge in [0.25, 0.3) is 5.91 Å². The topological polar surface area (TPSA) is 138 Å². The molecule has 1 aromatic heterocycles. The lowest BCUT2D eigenvalue weighted by Crippen LogP contribution is -2.42. The van der Waals surface area contributed by atoms with E-state index in [1.165, 1.54) is 6.92 Å². The first kappa shape index (κ1) is 24.4. The molecule has 0 spiro atoms. The summed E-state index contributed by atoms with van der Waals surface area (Å²) in [5, 5.41) is 24.2. The Kier molecular flexibility index (Phi) is 6.86. The summed E-state index contributed by atoms with van der Waals surface area (Å²) < 4.78 is 5.51. The maximum Gasteiger partial charge on any atom is 0.413 e. The molecule has 0 radical (unpaired) electrons. The molecule has 182 valence electrons. The summed E-state index contributed by atoms with van der Waals surface area (Å²) in [6.45, 7) is 2.84. The molecule has 1 unspecified atom stereocenters. The molecule has 0 bridgehead atoms. The SMILES string of the molecule is Cc1nc(NC(=O)OCC2c3ccccc3-c3ccccc32)sc1C(=O)NCC(C)(O)CC(=O)O. The number of thiazole rings is 1. The quantitative estimate of drug-likeness (QED) is 0.373. The van der Waals surface area contributed by atoms with Crippen molar-refractivity contribution in [1.82, 2.24) is 10.3 Å². The molecule has 0 saturated heterocycles. The molecule has 3 aromatic rings. The highest BCUT2D eigenvalue weighted by molar-refractivity contribution is 7.17. The van der Waals surface area contributed by atoms with E-state index in [-0.39, 0.29) is 29.1 Å². The molecule has 1 atom stereocenters. The van der Waals surface area contributed by atoms with Crippen LogP contribution in [0.5, 0.6) is 0 Å². The molecule has 1 aliphatic carbocycles. The van der Waals surface area contributed by atoms with Crippen LogP contribution in [0.15, 0.2) is 48.5 Å². The van der Waals surface area contributed by atoms with E-state index in [0.29, 0.717) is 5.69 Å². The Morgan fingerprint density at radius 3 is 2.29 bits per heavy atom. The van der Waals surface area contributed by atoms with Gasteiger partial charge in [-0.3, -0.25) is 14.9 Å². The molecular formula is C25H25N3O6S. The number of amides is 2. The number of carbonyl (C=O) groups excluding carboxylic acids is 2. The van der Waals surface area contributed by atoms with Gasteiger partial charge in [-0.05, 0) is 36.1 Å². The molecule has 0 saturated carbocycles. The number of fused-ring (bicyclic) bond motifs is 3. The summed E-state index contributed by atoms with van der Waals surface area (Å²) in [7, 11) is 0. The van der Waals surface area contributed by atoms with Crippen LogP contribution in [0.3, 0.4) is 0 Å². The van der Waals surface area contributed by atoms with Gasteiger partial charge in [-0.2, -0.15) is 0 Å². The van der Waals surface area contributed by atoms with Gasteiger partial charge in [0.05, 0.1) is 17.7 Å². The van der Waals surface area contributed by atoms with Crippen molar-refractivity contribution < 1.29 is 29.3 Å². The van der Waals surface area contributed by atoms with Crippen LogP contribution in [0, 0.1) is 6.92 Å². The zero-order valence-electron chi connectivity index (χ0n) is 19.2. The summed E-state index contributed by atoms with van der Waals surface area (Å²) in [6, 6.07) is 16.1. The molecule has 1 heterocycles. The van der Waals surface area contributed by atoms with Gasteiger partial charge in [-0.25, -0.2) is 9.78 Å². The Morgan fingerprint density at radius 2 is 1.69 bits per heavy atom. The highest BCUT2D eigenvalue weighted by Crippen LogP contribution is 2.44. The third kappa shape index (κ3) is 5.50. The van der Waals surface area contributed by atoms with Gasteiger partial charge < -0.3 is 20.3 Å². The second kappa shape index (κ2) is 9.85. The number of nitrogens with zero attached hydrogens (tertiary/aromatic N) is 1. The van der Waals surface area contributed by atoms with Crippen LogP contribution in [-0.4, -0.2) is 51.9 Å². The Balaban J connectivity index is 1.36. The van der Waals surface area contributed by atoms with E-state index in [4.69, 9.17) is 9.84 Å². The largest absolute Gasteiger partial charge is 0.481 e. The molecular weight excluding hydrogens is 470 g/mol. The molecule has 0 fully saturated rings. The summed E-state index contributed by atoms with van der Waals surface area (Å²) in [5.41, 5.74) is 3.26. The van der Waals surface area contributed by atoms with Crippen molar-refractivity contribution in [1.29, 1.82) is 0 Å². The van der Waals surface area contributed by atoms with Crippen molar-refractivity contribution in [2.75, 3.05) is 18.5 Å². The Labute approximate surface area is 205 Å². The number of aromatic nitrogens is 1. The van der Waals surface area contributed by atoms with Gasteiger partial charge in [0.15, 0.2) is 5.13 Å². The fourth-order valence-electron chi connectivity index (χ4n) is 4.12. The van der Waals surface area contributed by atoms with Crippen molar-refractivity contribution in [2.24, 2.45) is 0 Å². The number of hydrogen-bond acceptors (Lipinski definition) is 7. The van der Waals surface area contributed by atoms with Crippen molar-refractivity contribution >= 4 is 34.4 Å². The predicted molar refractivity (Wildman–Crippen MR) is 131 cm³/mol. The number of aliphatic hydroxyl groups is 1. The van der Waals surface area contributed by atoms with Gasteiger partial charge in [0.2, 0.25) is 0 Å². The van der Waals surface area contributed by atoms with Crippen molar-refractivity contribution in [3.8, 4) is 11.1 Å². The van der Waals surface area contributed by atoms with Crippen LogP contribution < -0.4 is 10.6 Å². The van der Waals surface area contributed by atoms with Crippen LogP contribution in [-0.2, 0) is 9.53 Å². The number of aliphatic carboxylic acids is 1. The zero-order chi connectivity index (χ0) is 25.2. The third-order valence-electron chi connectivity index (χ3n) is 5.72.